The van der Waals surface area contributed by atoms with Crippen LogP contribution in [0.3, 0.4) is 0 Å². The van der Waals surface area contributed by atoms with E-state index in [0.717, 1.165) is 5.69 Å². The molecule has 0 unspecified atom stereocenters. The molecular formula is C14H22N4O2. The number of hydrogen-bond donors (Lipinski definition) is 1. The highest BCUT2D eigenvalue weighted by Crippen LogP contribution is 2.13. The minimum absolute atomic E-state index is 0.172. The van der Waals surface area contributed by atoms with Crippen molar-refractivity contribution in [3.63, 3.8) is 0 Å². The molecule has 1 aromatic heterocycles. The lowest BCUT2D eigenvalue weighted by atomic mass is 10.0. The monoisotopic (exact) mass is 278 g/mol. The summed E-state index contributed by atoms with van der Waals surface area (Å²) >= 11 is 0. The fourth-order valence-electron chi connectivity index (χ4n) is 1.78. The van der Waals surface area contributed by atoms with E-state index >= 15 is 0 Å². The van der Waals surface area contributed by atoms with Crippen molar-refractivity contribution in [2.24, 2.45) is 0 Å². The number of nitrogens with zero attached hydrogens (tertiary/aromatic N) is 3. The van der Waals surface area contributed by atoms with Crippen LogP contribution in [0.2, 0.25) is 0 Å². The van der Waals surface area contributed by atoms with E-state index in [-0.39, 0.29) is 17.5 Å². The predicted molar refractivity (Wildman–Crippen MR) is 78.8 cm³/mol. The lowest BCUT2D eigenvalue weighted by Crippen LogP contribution is -2.54. The van der Waals surface area contributed by atoms with Crippen LogP contribution in [-0.4, -0.2) is 55.4 Å². The summed E-state index contributed by atoms with van der Waals surface area (Å²) in [5.74, 6) is -0.538. The normalized spacial score (nSPS) is 10.9. The molecule has 1 rings (SSSR count). The van der Waals surface area contributed by atoms with Crippen LogP contribution in [0.25, 0.3) is 0 Å². The van der Waals surface area contributed by atoms with Crippen molar-refractivity contribution in [2.45, 2.75) is 19.4 Å². The zero-order valence-corrected chi connectivity index (χ0v) is 12.9. The summed E-state index contributed by atoms with van der Waals surface area (Å²) in [4.78, 5) is 31.6. The minimum atomic E-state index is -0.976. The molecule has 0 saturated carbocycles. The third kappa shape index (κ3) is 3.69. The van der Waals surface area contributed by atoms with Crippen molar-refractivity contribution in [3.05, 3.63) is 24.0 Å². The molecule has 110 valence electrons. The number of carbonyl (C=O) groups is 2. The van der Waals surface area contributed by atoms with Gasteiger partial charge in [0.15, 0.2) is 0 Å². The highest BCUT2D eigenvalue weighted by atomic mass is 16.2. The Bertz CT molecular complexity index is 510. The second-order valence-electron chi connectivity index (χ2n) is 5.57. The van der Waals surface area contributed by atoms with Crippen LogP contribution < -0.4 is 10.2 Å². The Hall–Kier alpha value is -2.11. The van der Waals surface area contributed by atoms with Gasteiger partial charge in [-0.25, -0.2) is 0 Å². The third-order valence-corrected chi connectivity index (χ3v) is 2.86. The van der Waals surface area contributed by atoms with Crippen molar-refractivity contribution in [1.29, 1.82) is 0 Å². The number of hydrogen-bond acceptors (Lipinski definition) is 4. The molecule has 0 aliphatic carbocycles. The quantitative estimate of drug-likeness (QED) is 0.882. The van der Waals surface area contributed by atoms with Crippen LogP contribution in [-0.2, 0) is 4.79 Å². The zero-order valence-electron chi connectivity index (χ0n) is 12.9. The lowest BCUT2D eigenvalue weighted by molar-refractivity contribution is -0.134. The molecule has 0 aromatic carbocycles. The Labute approximate surface area is 119 Å². The number of likely N-dealkylation sites (N-methyl/N-ethyl adjacent to an activating group) is 1. The van der Waals surface area contributed by atoms with Gasteiger partial charge >= 0.3 is 0 Å². The summed E-state index contributed by atoms with van der Waals surface area (Å²) in [5, 5.41) is 2.71. The molecule has 0 aliphatic heterocycles. The first kappa shape index (κ1) is 15.9. The largest absolute Gasteiger partial charge is 0.378 e. The fraction of sp³-hybridized carbons (Fsp3) is 0.500. The SMILES string of the molecule is CN(C)C(=O)C(C)(C)NC(=O)c1cc(N(C)C)ccn1. The second-order valence-corrected chi connectivity index (χ2v) is 5.57. The van der Waals surface area contributed by atoms with Crippen molar-refractivity contribution in [1.82, 2.24) is 15.2 Å². The molecule has 6 heteroatoms. The first-order valence-corrected chi connectivity index (χ1v) is 6.33. The second kappa shape index (κ2) is 5.90. The van der Waals surface area contributed by atoms with Gasteiger partial charge in [0, 0.05) is 40.1 Å². The maximum Gasteiger partial charge on any atom is 0.270 e. The van der Waals surface area contributed by atoms with Gasteiger partial charge in [-0.1, -0.05) is 0 Å². The Morgan fingerprint density at radius 1 is 1.20 bits per heavy atom. The average molecular weight is 278 g/mol. The van der Waals surface area contributed by atoms with Crippen LogP contribution in [0.15, 0.2) is 18.3 Å². The predicted octanol–water partition coefficient (Wildman–Crippen LogP) is 0.744. The average Bonchev–Trinajstić information content (AvgIpc) is 2.37. The molecule has 0 saturated heterocycles. The first-order chi connectivity index (χ1) is 9.15. The molecule has 20 heavy (non-hydrogen) atoms. The van der Waals surface area contributed by atoms with Crippen LogP contribution in [0.5, 0.6) is 0 Å². The van der Waals surface area contributed by atoms with Gasteiger partial charge < -0.3 is 15.1 Å². The van der Waals surface area contributed by atoms with E-state index in [9.17, 15) is 9.59 Å². The standard InChI is InChI=1S/C14H22N4O2/c1-14(2,13(20)18(5)6)16-12(19)11-9-10(17(3)4)7-8-15-11/h7-9H,1-6H3,(H,16,19). The molecule has 2 amide bonds. The summed E-state index contributed by atoms with van der Waals surface area (Å²) in [6.45, 7) is 3.34. The highest BCUT2D eigenvalue weighted by molar-refractivity contribution is 5.98. The Morgan fingerprint density at radius 3 is 2.30 bits per heavy atom. The number of pyridine rings is 1. The van der Waals surface area contributed by atoms with Gasteiger partial charge in [-0.05, 0) is 26.0 Å². The summed E-state index contributed by atoms with van der Waals surface area (Å²) in [7, 11) is 7.08. The maximum atomic E-state index is 12.2. The molecule has 0 spiro atoms. The Kier molecular flexibility index (Phi) is 4.70. The Balaban J connectivity index is 2.91. The van der Waals surface area contributed by atoms with E-state index < -0.39 is 5.54 Å². The van der Waals surface area contributed by atoms with Gasteiger partial charge in [0.25, 0.3) is 5.91 Å². The van der Waals surface area contributed by atoms with Gasteiger partial charge in [-0.15, -0.1) is 0 Å². The molecular weight excluding hydrogens is 256 g/mol. The molecule has 0 aliphatic rings. The van der Waals surface area contributed by atoms with E-state index in [4.69, 9.17) is 0 Å². The fourth-order valence-corrected chi connectivity index (χ4v) is 1.78. The first-order valence-electron chi connectivity index (χ1n) is 6.33. The number of anilines is 1. The number of carbonyl (C=O) groups excluding carboxylic acids is 2. The topological polar surface area (TPSA) is 65.5 Å². The van der Waals surface area contributed by atoms with Gasteiger partial charge in [-0.3, -0.25) is 14.6 Å². The van der Waals surface area contributed by atoms with Gasteiger partial charge in [-0.2, -0.15) is 0 Å². The maximum absolute atomic E-state index is 12.2. The molecule has 0 atom stereocenters. The van der Waals surface area contributed by atoms with E-state index in [1.807, 2.05) is 25.1 Å². The van der Waals surface area contributed by atoms with E-state index in [1.54, 1.807) is 40.2 Å². The molecule has 0 fully saturated rings. The highest BCUT2D eigenvalue weighted by Gasteiger charge is 2.31. The van der Waals surface area contributed by atoms with Crippen LogP contribution in [0.4, 0.5) is 5.69 Å². The molecule has 0 bridgehead atoms. The Morgan fingerprint density at radius 2 is 1.80 bits per heavy atom. The van der Waals surface area contributed by atoms with Crippen LogP contribution >= 0.6 is 0 Å². The molecule has 1 aromatic rings. The lowest BCUT2D eigenvalue weighted by Gasteiger charge is -2.28. The van der Waals surface area contributed by atoms with Crippen molar-refractivity contribution < 1.29 is 9.59 Å². The van der Waals surface area contributed by atoms with Crippen molar-refractivity contribution >= 4 is 17.5 Å². The number of aromatic nitrogens is 1. The smallest absolute Gasteiger partial charge is 0.270 e. The molecule has 1 N–H and O–H groups in total. The molecule has 6 nitrogen and oxygen atoms in total. The van der Waals surface area contributed by atoms with Crippen molar-refractivity contribution in [2.75, 3.05) is 33.1 Å². The molecule has 1 heterocycles. The van der Waals surface area contributed by atoms with E-state index in [0.29, 0.717) is 0 Å². The van der Waals surface area contributed by atoms with Crippen molar-refractivity contribution in [3.8, 4) is 0 Å². The van der Waals surface area contributed by atoms with E-state index in [2.05, 4.69) is 10.3 Å². The van der Waals surface area contributed by atoms with Gasteiger partial charge in [0.1, 0.15) is 11.2 Å². The molecule has 0 radical (unpaired) electrons. The summed E-state index contributed by atoms with van der Waals surface area (Å²) in [5.41, 5.74) is 0.189. The minimum Gasteiger partial charge on any atom is -0.378 e. The number of nitrogens with one attached hydrogen (secondary N) is 1. The summed E-state index contributed by atoms with van der Waals surface area (Å²) < 4.78 is 0. The van der Waals surface area contributed by atoms with Gasteiger partial charge in [0.05, 0.1) is 0 Å². The number of amides is 2. The van der Waals surface area contributed by atoms with Crippen LogP contribution in [0.1, 0.15) is 24.3 Å². The third-order valence-electron chi connectivity index (χ3n) is 2.86. The zero-order chi connectivity index (χ0) is 15.5. The van der Waals surface area contributed by atoms with Gasteiger partial charge in [0.2, 0.25) is 5.91 Å². The summed E-state index contributed by atoms with van der Waals surface area (Å²) in [6, 6.07) is 3.50. The van der Waals surface area contributed by atoms with Crippen LogP contribution in [0, 0.1) is 0 Å². The number of rotatable bonds is 4. The summed E-state index contributed by atoms with van der Waals surface area (Å²) in [6.07, 6.45) is 1.57. The van der Waals surface area contributed by atoms with E-state index in [1.165, 1.54) is 4.90 Å².